The van der Waals surface area contributed by atoms with Crippen molar-refractivity contribution in [2.24, 2.45) is 0 Å². The molecule has 1 amide bonds. The van der Waals surface area contributed by atoms with Crippen molar-refractivity contribution in [3.63, 3.8) is 0 Å². The molecule has 0 aliphatic carbocycles. The van der Waals surface area contributed by atoms with Crippen molar-refractivity contribution in [1.82, 2.24) is 4.90 Å². The number of aliphatic hydroxyl groups is 1. The van der Waals surface area contributed by atoms with Crippen LogP contribution in [-0.4, -0.2) is 48.0 Å². The van der Waals surface area contributed by atoms with E-state index >= 15 is 0 Å². The number of carbonyl (C=O) groups is 1. The first-order valence-electron chi connectivity index (χ1n) is 6.78. The quantitative estimate of drug-likeness (QED) is 0.855. The zero-order valence-corrected chi connectivity index (χ0v) is 14.7. The Hall–Kier alpha value is -1.34. The van der Waals surface area contributed by atoms with Gasteiger partial charge in [0.1, 0.15) is 29.9 Å². The molecule has 0 saturated carbocycles. The number of rotatable bonds is 5. The number of likely N-dealkylation sites (N-methyl/N-ethyl adjacent to an activating group) is 1. The number of aliphatic hydroxyl groups excluding tert-OH is 1. The fourth-order valence-corrected chi connectivity index (χ4v) is 1.90. The summed E-state index contributed by atoms with van der Waals surface area (Å²) in [6, 6.07) is 4.20. The van der Waals surface area contributed by atoms with E-state index < -0.39 is 23.6 Å². The van der Waals surface area contributed by atoms with E-state index in [9.17, 15) is 14.3 Å². The Morgan fingerprint density at radius 2 is 2.09 bits per heavy atom. The summed E-state index contributed by atoms with van der Waals surface area (Å²) in [5.41, 5.74) is -0.590. The standard InChI is InChI=1S/C15H21BrFNO4/c1-15(2,3)22-14(20)18(4)8-10(19)9-21-11-5-6-13(17)12(16)7-11/h5-7,10,19H,8-9H2,1-4H3. The van der Waals surface area contributed by atoms with Crippen LogP contribution in [0.1, 0.15) is 20.8 Å². The summed E-state index contributed by atoms with van der Waals surface area (Å²) in [6.07, 6.45) is -1.41. The smallest absolute Gasteiger partial charge is 0.410 e. The second-order valence-electron chi connectivity index (χ2n) is 5.90. The molecule has 1 rings (SSSR count). The van der Waals surface area contributed by atoms with Gasteiger partial charge >= 0.3 is 6.09 Å². The number of carbonyl (C=O) groups excluding carboxylic acids is 1. The van der Waals surface area contributed by atoms with Crippen LogP contribution in [0.5, 0.6) is 5.75 Å². The summed E-state index contributed by atoms with van der Waals surface area (Å²) < 4.78 is 23.9. The highest BCUT2D eigenvalue weighted by atomic mass is 79.9. The third-order valence-corrected chi connectivity index (χ3v) is 3.13. The van der Waals surface area contributed by atoms with Crippen LogP contribution >= 0.6 is 15.9 Å². The summed E-state index contributed by atoms with van der Waals surface area (Å²) in [5, 5.41) is 9.89. The van der Waals surface area contributed by atoms with E-state index in [2.05, 4.69) is 15.9 Å². The minimum absolute atomic E-state index is 0.0226. The van der Waals surface area contributed by atoms with Crippen molar-refractivity contribution >= 4 is 22.0 Å². The fraction of sp³-hybridized carbons (Fsp3) is 0.533. The molecule has 7 heteroatoms. The van der Waals surface area contributed by atoms with Gasteiger partial charge in [-0.25, -0.2) is 9.18 Å². The third-order valence-electron chi connectivity index (χ3n) is 2.52. The number of hydrogen-bond donors (Lipinski definition) is 1. The second kappa shape index (κ2) is 7.78. The maximum atomic E-state index is 13.1. The van der Waals surface area contributed by atoms with Crippen LogP contribution < -0.4 is 4.74 Å². The average Bonchev–Trinajstić information content (AvgIpc) is 2.38. The Morgan fingerprint density at radius 3 is 2.64 bits per heavy atom. The number of halogens is 2. The molecule has 1 aromatic carbocycles. The van der Waals surface area contributed by atoms with Gasteiger partial charge in [-0.05, 0) is 54.9 Å². The molecule has 0 bridgehead atoms. The highest BCUT2D eigenvalue weighted by molar-refractivity contribution is 9.10. The topological polar surface area (TPSA) is 59.0 Å². The van der Waals surface area contributed by atoms with E-state index in [1.54, 1.807) is 20.8 Å². The largest absolute Gasteiger partial charge is 0.491 e. The average molecular weight is 378 g/mol. The van der Waals surface area contributed by atoms with Gasteiger partial charge < -0.3 is 19.5 Å². The Morgan fingerprint density at radius 1 is 1.45 bits per heavy atom. The highest BCUT2D eigenvalue weighted by Crippen LogP contribution is 2.21. The fourth-order valence-electron chi connectivity index (χ4n) is 1.54. The minimum Gasteiger partial charge on any atom is -0.491 e. The van der Waals surface area contributed by atoms with Crippen molar-refractivity contribution in [2.75, 3.05) is 20.2 Å². The van der Waals surface area contributed by atoms with Gasteiger partial charge in [-0.3, -0.25) is 0 Å². The molecule has 22 heavy (non-hydrogen) atoms. The Bertz CT molecular complexity index is 519. The maximum Gasteiger partial charge on any atom is 0.410 e. The van der Waals surface area contributed by atoms with Gasteiger partial charge in [-0.2, -0.15) is 0 Å². The van der Waals surface area contributed by atoms with Crippen molar-refractivity contribution in [3.05, 3.63) is 28.5 Å². The molecule has 1 atom stereocenters. The van der Waals surface area contributed by atoms with E-state index in [1.165, 1.54) is 30.1 Å². The van der Waals surface area contributed by atoms with Crippen molar-refractivity contribution < 1.29 is 23.8 Å². The summed E-state index contributed by atoms with van der Waals surface area (Å²) in [7, 11) is 1.53. The van der Waals surface area contributed by atoms with Crippen LogP contribution in [0.4, 0.5) is 9.18 Å². The van der Waals surface area contributed by atoms with Crippen molar-refractivity contribution in [2.45, 2.75) is 32.5 Å². The lowest BCUT2D eigenvalue weighted by Gasteiger charge is -2.26. The van der Waals surface area contributed by atoms with Gasteiger partial charge in [-0.1, -0.05) is 0 Å². The molecule has 0 spiro atoms. The summed E-state index contributed by atoms with van der Waals surface area (Å²) in [5.74, 6) is 0.0322. The number of ether oxygens (including phenoxy) is 2. The molecule has 0 aliphatic rings. The molecule has 1 N–H and O–H groups in total. The minimum atomic E-state index is -0.888. The Kier molecular flexibility index (Phi) is 6.62. The van der Waals surface area contributed by atoms with Crippen molar-refractivity contribution in [1.29, 1.82) is 0 Å². The van der Waals surface area contributed by atoms with Crippen LogP contribution in [-0.2, 0) is 4.74 Å². The molecule has 1 unspecified atom stereocenters. The lowest BCUT2D eigenvalue weighted by molar-refractivity contribution is 0.0154. The maximum absolute atomic E-state index is 13.1. The molecule has 124 valence electrons. The van der Waals surface area contributed by atoms with E-state index in [1.807, 2.05) is 0 Å². The zero-order valence-electron chi connectivity index (χ0n) is 13.1. The summed E-state index contributed by atoms with van der Waals surface area (Å²) in [6.45, 7) is 5.35. The molecule has 0 aliphatic heterocycles. The van der Waals surface area contributed by atoms with Crippen LogP contribution in [0, 0.1) is 5.82 Å². The number of amides is 1. The van der Waals surface area contributed by atoms with Crippen LogP contribution in [0.2, 0.25) is 0 Å². The lowest BCUT2D eigenvalue weighted by atomic mass is 10.2. The molecule has 1 aromatic rings. The van der Waals surface area contributed by atoms with Gasteiger partial charge in [0, 0.05) is 7.05 Å². The van der Waals surface area contributed by atoms with Gasteiger partial charge in [0.05, 0.1) is 11.0 Å². The van der Waals surface area contributed by atoms with Gasteiger partial charge in [0.25, 0.3) is 0 Å². The Balaban J connectivity index is 2.43. The molecule has 0 heterocycles. The first-order valence-corrected chi connectivity index (χ1v) is 7.58. The number of hydrogen-bond acceptors (Lipinski definition) is 4. The normalized spacial score (nSPS) is 12.7. The predicted molar refractivity (Wildman–Crippen MR) is 84.5 cm³/mol. The van der Waals surface area contributed by atoms with Crippen molar-refractivity contribution in [3.8, 4) is 5.75 Å². The second-order valence-corrected chi connectivity index (χ2v) is 6.76. The lowest BCUT2D eigenvalue weighted by Crippen LogP contribution is -2.40. The van der Waals surface area contributed by atoms with Crippen LogP contribution in [0.25, 0.3) is 0 Å². The molecule has 0 fully saturated rings. The first kappa shape index (κ1) is 18.7. The monoisotopic (exact) mass is 377 g/mol. The SMILES string of the molecule is CN(CC(O)COc1ccc(F)c(Br)c1)C(=O)OC(C)(C)C. The zero-order chi connectivity index (χ0) is 16.9. The molecule has 0 radical (unpaired) electrons. The molecule has 0 aromatic heterocycles. The highest BCUT2D eigenvalue weighted by Gasteiger charge is 2.21. The summed E-state index contributed by atoms with van der Waals surface area (Å²) in [4.78, 5) is 13.0. The van der Waals surface area contributed by atoms with Crippen LogP contribution in [0.15, 0.2) is 22.7 Å². The predicted octanol–water partition coefficient (Wildman–Crippen LogP) is 3.19. The molecular formula is C15H21BrFNO4. The van der Waals surface area contributed by atoms with E-state index in [4.69, 9.17) is 9.47 Å². The first-order chi connectivity index (χ1) is 10.1. The van der Waals surface area contributed by atoms with Gasteiger partial charge in [-0.15, -0.1) is 0 Å². The Labute approximate surface area is 138 Å². The number of nitrogens with zero attached hydrogens (tertiary/aromatic N) is 1. The van der Waals surface area contributed by atoms with Gasteiger partial charge in [0.15, 0.2) is 0 Å². The molecular weight excluding hydrogens is 357 g/mol. The molecule has 0 saturated heterocycles. The summed E-state index contributed by atoms with van der Waals surface area (Å²) >= 11 is 3.05. The van der Waals surface area contributed by atoms with E-state index in [-0.39, 0.29) is 17.6 Å². The molecule has 5 nitrogen and oxygen atoms in total. The number of benzene rings is 1. The van der Waals surface area contributed by atoms with E-state index in [0.717, 1.165) is 0 Å². The third kappa shape index (κ3) is 6.62. The van der Waals surface area contributed by atoms with Crippen LogP contribution in [0.3, 0.4) is 0 Å². The van der Waals surface area contributed by atoms with E-state index in [0.29, 0.717) is 5.75 Å². The van der Waals surface area contributed by atoms with Gasteiger partial charge in [0.2, 0.25) is 0 Å².